The van der Waals surface area contributed by atoms with Crippen molar-refractivity contribution in [3.05, 3.63) is 48.5 Å². The highest BCUT2D eigenvalue weighted by Crippen LogP contribution is 2.30. The predicted octanol–water partition coefficient (Wildman–Crippen LogP) is 2.85. The molecule has 0 radical (unpaired) electrons. The summed E-state index contributed by atoms with van der Waals surface area (Å²) in [5.74, 6) is -3.43. The van der Waals surface area contributed by atoms with Gasteiger partial charge in [0.15, 0.2) is 11.5 Å². The molecule has 0 heterocycles. The lowest BCUT2D eigenvalue weighted by atomic mass is 10.3. The summed E-state index contributed by atoms with van der Waals surface area (Å²) in [7, 11) is -9.10. The van der Waals surface area contributed by atoms with Crippen molar-refractivity contribution >= 4 is 20.0 Å². The first-order chi connectivity index (χ1) is 11.7. The average Bonchev–Trinajstić information content (AvgIpc) is 2.56. The van der Waals surface area contributed by atoms with Gasteiger partial charge >= 0.3 is 15.9 Å². The predicted molar refractivity (Wildman–Crippen MR) is 85.1 cm³/mol. The van der Waals surface area contributed by atoms with Crippen LogP contribution in [0.2, 0.25) is 0 Å². The van der Waals surface area contributed by atoms with Crippen LogP contribution in [0.1, 0.15) is 6.92 Å². The molecule has 0 aliphatic carbocycles. The quantitative estimate of drug-likeness (QED) is 0.674. The fourth-order valence-electron chi connectivity index (χ4n) is 1.86. The summed E-state index contributed by atoms with van der Waals surface area (Å²) in [5, 5.41) is 0. The van der Waals surface area contributed by atoms with Gasteiger partial charge in [0.2, 0.25) is 9.84 Å². The molecule has 0 unspecified atom stereocenters. The molecule has 2 rings (SSSR count). The van der Waals surface area contributed by atoms with E-state index in [0.717, 1.165) is 24.3 Å². The van der Waals surface area contributed by atoms with Crippen LogP contribution >= 0.6 is 0 Å². The Morgan fingerprint density at radius 2 is 1.40 bits per heavy atom. The Balaban J connectivity index is 2.32. The van der Waals surface area contributed by atoms with E-state index >= 15 is 0 Å². The highest BCUT2D eigenvalue weighted by Gasteiger charge is 2.27. The average molecular weight is 392 g/mol. The van der Waals surface area contributed by atoms with E-state index in [4.69, 9.17) is 8.92 Å². The molecule has 0 aliphatic heterocycles. The zero-order valence-electron chi connectivity index (χ0n) is 12.9. The van der Waals surface area contributed by atoms with Crippen LogP contribution in [0.5, 0.6) is 11.5 Å². The van der Waals surface area contributed by atoms with Crippen LogP contribution < -0.4 is 8.92 Å². The molecule has 10 heteroatoms. The van der Waals surface area contributed by atoms with E-state index in [1.54, 1.807) is 19.1 Å². The van der Waals surface area contributed by atoms with Gasteiger partial charge in [-0.1, -0.05) is 12.1 Å². The van der Waals surface area contributed by atoms with Crippen molar-refractivity contribution in [2.45, 2.75) is 22.5 Å². The summed E-state index contributed by atoms with van der Waals surface area (Å²) in [5.41, 5.74) is 0. The number of alkyl halides is 2. The van der Waals surface area contributed by atoms with Gasteiger partial charge in [0.25, 0.3) is 0 Å². The van der Waals surface area contributed by atoms with Crippen LogP contribution in [0, 0.1) is 0 Å². The van der Waals surface area contributed by atoms with Crippen LogP contribution in [0.3, 0.4) is 0 Å². The summed E-state index contributed by atoms with van der Waals surface area (Å²) < 4.78 is 82.5. The minimum atomic E-state index is -4.80. The minimum absolute atomic E-state index is 0.0476. The fourth-order valence-corrected chi connectivity index (χ4v) is 3.52. The molecule has 136 valence electrons. The molecular weight excluding hydrogens is 378 g/mol. The number of benzene rings is 2. The van der Waals surface area contributed by atoms with E-state index in [-0.39, 0.29) is 16.4 Å². The summed E-state index contributed by atoms with van der Waals surface area (Å²) in [6.07, 6.45) is 0. The minimum Gasteiger partial charge on any atom is -0.490 e. The molecular formula is C15H14F2O6S2. The lowest BCUT2D eigenvalue weighted by Crippen LogP contribution is -2.13. The van der Waals surface area contributed by atoms with Crippen LogP contribution in [-0.2, 0) is 20.0 Å². The molecule has 0 N–H and O–H groups in total. The standard InChI is InChI=1S/C15H14F2O6S2/c1-2-22-13-5-3-4-6-14(13)23-25(20,21)12-9-7-11(8-10-12)24(18,19)15(16)17/h3-10,15H,2H2,1H3. The second kappa shape index (κ2) is 7.36. The van der Waals surface area contributed by atoms with Gasteiger partial charge in [0.1, 0.15) is 4.90 Å². The third-order valence-electron chi connectivity index (χ3n) is 3.02. The number of halogens is 2. The summed E-state index contributed by atoms with van der Waals surface area (Å²) in [6, 6.07) is 9.42. The Morgan fingerprint density at radius 3 is 1.92 bits per heavy atom. The molecule has 25 heavy (non-hydrogen) atoms. The first-order valence-electron chi connectivity index (χ1n) is 6.97. The van der Waals surface area contributed by atoms with Gasteiger partial charge in [-0.2, -0.15) is 17.2 Å². The Kier molecular flexibility index (Phi) is 5.63. The summed E-state index contributed by atoms with van der Waals surface area (Å²) >= 11 is 0. The van der Waals surface area contributed by atoms with Crippen LogP contribution in [0.25, 0.3) is 0 Å². The third kappa shape index (κ3) is 4.26. The van der Waals surface area contributed by atoms with Crippen molar-refractivity contribution in [1.82, 2.24) is 0 Å². The zero-order valence-corrected chi connectivity index (χ0v) is 14.6. The highest BCUT2D eigenvalue weighted by atomic mass is 32.2. The number of para-hydroxylation sites is 2. The zero-order chi connectivity index (χ0) is 18.7. The van der Waals surface area contributed by atoms with E-state index in [9.17, 15) is 25.6 Å². The van der Waals surface area contributed by atoms with Gasteiger partial charge in [-0.3, -0.25) is 0 Å². The van der Waals surface area contributed by atoms with Gasteiger partial charge in [-0.15, -0.1) is 0 Å². The van der Waals surface area contributed by atoms with Crippen molar-refractivity contribution in [1.29, 1.82) is 0 Å². The van der Waals surface area contributed by atoms with Gasteiger partial charge in [-0.05, 0) is 43.3 Å². The third-order valence-corrected chi connectivity index (χ3v) is 5.67. The van der Waals surface area contributed by atoms with Gasteiger partial charge in [0, 0.05) is 0 Å². The maximum absolute atomic E-state index is 12.5. The SMILES string of the molecule is CCOc1ccccc1OS(=O)(=O)c1ccc(S(=O)(=O)C(F)F)cc1. The van der Waals surface area contributed by atoms with Crippen molar-refractivity contribution in [3.63, 3.8) is 0 Å². The maximum Gasteiger partial charge on any atom is 0.341 e. The van der Waals surface area contributed by atoms with Gasteiger partial charge < -0.3 is 8.92 Å². The molecule has 0 saturated carbocycles. The molecule has 0 atom stereocenters. The Bertz CT molecular complexity index is 938. The number of sulfone groups is 1. The Hall–Kier alpha value is -2.20. The molecule has 0 bridgehead atoms. The highest BCUT2D eigenvalue weighted by molar-refractivity contribution is 7.91. The monoisotopic (exact) mass is 392 g/mol. The van der Waals surface area contributed by atoms with Crippen molar-refractivity contribution in [2.24, 2.45) is 0 Å². The summed E-state index contributed by atoms with van der Waals surface area (Å²) in [4.78, 5) is -1.07. The van der Waals surface area contributed by atoms with E-state index < -0.39 is 30.6 Å². The first kappa shape index (κ1) is 19.1. The topological polar surface area (TPSA) is 86.7 Å². The summed E-state index contributed by atoms with van der Waals surface area (Å²) in [6.45, 7) is 2.01. The molecule has 6 nitrogen and oxygen atoms in total. The maximum atomic E-state index is 12.5. The molecule has 0 aliphatic rings. The van der Waals surface area contributed by atoms with E-state index in [2.05, 4.69) is 0 Å². The smallest absolute Gasteiger partial charge is 0.341 e. The van der Waals surface area contributed by atoms with Crippen molar-refractivity contribution in [2.75, 3.05) is 6.61 Å². The van der Waals surface area contributed by atoms with Gasteiger partial charge in [-0.25, -0.2) is 8.42 Å². The van der Waals surface area contributed by atoms with Crippen LogP contribution in [0.4, 0.5) is 8.78 Å². The molecule has 0 spiro atoms. The normalized spacial score (nSPS) is 12.2. The first-order valence-corrected chi connectivity index (χ1v) is 9.92. The lowest BCUT2D eigenvalue weighted by Gasteiger charge is -2.11. The molecule has 0 saturated heterocycles. The number of hydrogen-bond donors (Lipinski definition) is 0. The lowest BCUT2D eigenvalue weighted by molar-refractivity contribution is 0.234. The molecule has 2 aromatic rings. The second-order valence-corrected chi connectivity index (χ2v) is 8.16. The van der Waals surface area contributed by atoms with Crippen LogP contribution in [0.15, 0.2) is 58.3 Å². The number of ether oxygens (including phenoxy) is 1. The number of hydrogen-bond acceptors (Lipinski definition) is 6. The van der Waals surface area contributed by atoms with Gasteiger partial charge in [0.05, 0.1) is 11.5 Å². The second-order valence-electron chi connectivity index (χ2n) is 4.69. The molecule has 2 aromatic carbocycles. The molecule has 0 amide bonds. The Morgan fingerprint density at radius 1 is 0.880 bits per heavy atom. The van der Waals surface area contributed by atoms with Crippen LogP contribution in [-0.4, -0.2) is 29.2 Å². The Labute approximate surface area is 144 Å². The number of rotatable bonds is 7. The van der Waals surface area contributed by atoms with Crippen molar-refractivity contribution < 1.29 is 34.5 Å². The van der Waals surface area contributed by atoms with E-state index in [1.165, 1.54) is 12.1 Å². The largest absolute Gasteiger partial charge is 0.490 e. The van der Waals surface area contributed by atoms with E-state index in [0.29, 0.717) is 6.61 Å². The van der Waals surface area contributed by atoms with E-state index in [1.807, 2.05) is 0 Å². The molecule has 0 fully saturated rings. The molecule has 0 aromatic heterocycles. The fraction of sp³-hybridized carbons (Fsp3) is 0.200. The van der Waals surface area contributed by atoms with Crippen molar-refractivity contribution in [3.8, 4) is 11.5 Å².